The van der Waals surface area contributed by atoms with E-state index in [1.807, 2.05) is 0 Å². The van der Waals surface area contributed by atoms with Crippen LogP contribution in [0.2, 0.25) is 0 Å². The molecule has 0 aromatic carbocycles. The molecule has 12 heteroatoms. The van der Waals surface area contributed by atoms with Crippen LogP contribution >= 0.6 is 0 Å². The highest BCUT2D eigenvalue weighted by Crippen LogP contribution is 2.39. The van der Waals surface area contributed by atoms with Crippen LogP contribution in [0.5, 0.6) is 0 Å². The van der Waals surface area contributed by atoms with E-state index in [2.05, 4.69) is 4.74 Å². The summed E-state index contributed by atoms with van der Waals surface area (Å²) in [7, 11) is 0.779. The van der Waals surface area contributed by atoms with Crippen LogP contribution in [0.3, 0.4) is 0 Å². The monoisotopic (exact) mass is 321 g/mol. The molecule has 0 spiro atoms. The molecule has 122 valence electrons. The number of hydrogen-bond acceptors (Lipinski definition) is 7. The number of carboxylic acids is 5. The average molecular weight is 321 g/mol. The largest absolute Gasteiger partial charge is 0.479 e. The molecule has 1 aliphatic heterocycles. The summed E-state index contributed by atoms with van der Waals surface area (Å²) >= 11 is 0. The van der Waals surface area contributed by atoms with Crippen LogP contribution in [0.1, 0.15) is 0 Å². The number of likely N-dealkylation sites (N-methyl/N-ethyl adjacent to an activating group) is 1. The van der Waals surface area contributed by atoms with Crippen molar-refractivity contribution in [1.82, 2.24) is 4.90 Å². The van der Waals surface area contributed by atoms with E-state index in [4.69, 9.17) is 15.3 Å². The molecule has 1 rings (SSSR count). The lowest BCUT2D eigenvalue weighted by molar-refractivity contribution is -0.245. The van der Waals surface area contributed by atoms with Crippen molar-refractivity contribution in [2.75, 3.05) is 13.6 Å². The standard InChI is InChI=1S/C10H11NO11/c1-11-2-3(4(12)13)22-10(7(18)19,8(20)21)9(11,5(14)15)6(16)17/h3H,2H2,1H3,(H,12,13)(H,14,15)(H,16,17)(H,18,19)(H,20,21). The highest BCUT2D eigenvalue weighted by Gasteiger charge is 2.78. The second-order valence-corrected chi connectivity index (χ2v) is 4.44. The van der Waals surface area contributed by atoms with Crippen LogP contribution in [0.15, 0.2) is 0 Å². The van der Waals surface area contributed by atoms with Crippen molar-refractivity contribution in [1.29, 1.82) is 0 Å². The normalized spacial score (nSPS) is 23.4. The quantitative estimate of drug-likeness (QED) is 0.327. The topological polar surface area (TPSA) is 199 Å². The highest BCUT2D eigenvalue weighted by atomic mass is 16.6. The van der Waals surface area contributed by atoms with E-state index >= 15 is 0 Å². The molecule has 1 unspecified atom stereocenters. The smallest absolute Gasteiger partial charge is 0.351 e. The van der Waals surface area contributed by atoms with Gasteiger partial charge in [0.05, 0.1) is 0 Å². The zero-order valence-electron chi connectivity index (χ0n) is 10.9. The van der Waals surface area contributed by atoms with Crippen molar-refractivity contribution in [2.24, 2.45) is 0 Å². The van der Waals surface area contributed by atoms with Crippen LogP contribution in [0, 0.1) is 0 Å². The van der Waals surface area contributed by atoms with Gasteiger partial charge < -0.3 is 30.3 Å². The Kier molecular flexibility index (Phi) is 4.12. The van der Waals surface area contributed by atoms with E-state index in [-0.39, 0.29) is 0 Å². The summed E-state index contributed by atoms with van der Waals surface area (Å²) in [5.74, 6) is -11.3. The zero-order valence-corrected chi connectivity index (χ0v) is 10.9. The average Bonchev–Trinajstić information content (AvgIpc) is 2.35. The van der Waals surface area contributed by atoms with Crippen molar-refractivity contribution in [2.45, 2.75) is 17.2 Å². The third kappa shape index (κ3) is 1.88. The van der Waals surface area contributed by atoms with E-state index in [0.29, 0.717) is 4.90 Å². The number of rotatable bonds is 5. The molecule has 0 aliphatic carbocycles. The van der Waals surface area contributed by atoms with Crippen LogP contribution in [0.25, 0.3) is 0 Å². The minimum atomic E-state index is -3.86. The van der Waals surface area contributed by atoms with Crippen LogP contribution in [0.4, 0.5) is 0 Å². The predicted octanol–water partition coefficient (Wildman–Crippen LogP) is -2.78. The molecule has 1 heterocycles. The van der Waals surface area contributed by atoms with Gasteiger partial charge in [0, 0.05) is 6.54 Å². The number of aliphatic carboxylic acids is 5. The lowest BCUT2D eigenvalue weighted by atomic mass is 9.75. The molecule has 12 nitrogen and oxygen atoms in total. The minimum absolute atomic E-state index is 0.308. The van der Waals surface area contributed by atoms with Gasteiger partial charge in [-0.1, -0.05) is 0 Å². The fraction of sp³-hybridized carbons (Fsp3) is 0.500. The third-order valence-electron chi connectivity index (χ3n) is 3.34. The van der Waals surface area contributed by atoms with E-state index < -0.39 is 53.6 Å². The van der Waals surface area contributed by atoms with E-state index in [0.717, 1.165) is 7.05 Å². The number of morpholine rings is 1. The molecule has 22 heavy (non-hydrogen) atoms. The minimum Gasteiger partial charge on any atom is -0.479 e. The number of carbonyl (C=O) groups is 5. The molecule has 1 aliphatic rings. The first-order chi connectivity index (χ1) is 9.96. The summed E-state index contributed by atoms with van der Waals surface area (Å²) in [6, 6.07) is 0. The van der Waals surface area contributed by atoms with Gasteiger partial charge >= 0.3 is 35.4 Å². The van der Waals surface area contributed by atoms with Gasteiger partial charge in [-0.25, -0.2) is 24.0 Å². The lowest BCUT2D eigenvalue weighted by Gasteiger charge is -2.48. The molecule has 5 N–H and O–H groups in total. The van der Waals surface area contributed by atoms with E-state index in [9.17, 15) is 34.2 Å². The van der Waals surface area contributed by atoms with Gasteiger partial charge in [-0.2, -0.15) is 0 Å². The van der Waals surface area contributed by atoms with Gasteiger partial charge in [-0.3, -0.25) is 4.90 Å². The molecule has 1 fully saturated rings. The van der Waals surface area contributed by atoms with Crippen molar-refractivity contribution < 1.29 is 54.2 Å². The second kappa shape index (κ2) is 5.23. The Hall–Kier alpha value is -2.73. The van der Waals surface area contributed by atoms with Crippen LogP contribution in [-0.2, 0) is 28.7 Å². The Morgan fingerprint density at radius 2 is 1.32 bits per heavy atom. The molecule has 0 radical (unpaired) electrons. The summed E-state index contributed by atoms with van der Waals surface area (Å²) < 4.78 is 4.47. The molecular weight excluding hydrogens is 310 g/mol. The van der Waals surface area contributed by atoms with Crippen molar-refractivity contribution >= 4 is 29.8 Å². The molecular formula is C10H11NO11. The molecule has 0 bridgehead atoms. The first-order valence-electron chi connectivity index (χ1n) is 5.51. The summed E-state index contributed by atoms with van der Waals surface area (Å²) in [6.07, 6.45) is -2.05. The molecule has 0 aromatic rings. The number of ether oxygens (including phenoxy) is 1. The highest BCUT2D eigenvalue weighted by molar-refractivity contribution is 6.19. The van der Waals surface area contributed by atoms with Gasteiger partial charge in [-0.05, 0) is 7.05 Å². The maximum absolute atomic E-state index is 11.5. The lowest BCUT2D eigenvalue weighted by Crippen LogP contribution is -2.82. The van der Waals surface area contributed by atoms with Crippen LogP contribution < -0.4 is 0 Å². The summed E-state index contributed by atoms with van der Waals surface area (Å²) in [5, 5.41) is 45.6. The number of carboxylic acid groups (broad SMARTS) is 5. The number of nitrogens with zero attached hydrogens (tertiary/aromatic N) is 1. The fourth-order valence-corrected chi connectivity index (χ4v) is 2.34. The Balaban J connectivity index is 3.81. The Labute approximate surface area is 121 Å². The van der Waals surface area contributed by atoms with Gasteiger partial charge in [0.25, 0.3) is 5.54 Å². The second-order valence-electron chi connectivity index (χ2n) is 4.44. The van der Waals surface area contributed by atoms with E-state index in [1.54, 1.807) is 0 Å². The van der Waals surface area contributed by atoms with Gasteiger partial charge in [0.15, 0.2) is 6.10 Å². The molecule has 1 atom stereocenters. The zero-order chi connectivity index (χ0) is 17.5. The van der Waals surface area contributed by atoms with E-state index in [1.165, 1.54) is 0 Å². The molecule has 0 saturated carbocycles. The summed E-state index contributed by atoms with van der Waals surface area (Å²) in [5.41, 5.74) is -7.42. The predicted molar refractivity (Wildman–Crippen MR) is 61.1 cm³/mol. The summed E-state index contributed by atoms with van der Waals surface area (Å²) in [4.78, 5) is 57.0. The number of hydrogen-bond donors (Lipinski definition) is 5. The third-order valence-corrected chi connectivity index (χ3v) is 3.34. The van der Waals surface area contributed by atoms with Crippen molar-refractivity contribution in [3.63, 3.8) is 0 Å². The molecule has 1 saturated heterocycles. The first kappa shape index (κ1) is 17.3. The Bertz CT molecular complexity index is 539. The van der Waals surface area contributed by atoms with Gasteiger partial charge in [0.1, 0.15) is 0 Å². The van der Waals surface area contributed by atoms with Gasteiger partial charge in [-0.15, -0.1) is 0 Å². The fourth-order valence-electron chi connectivity index (χ4n) is 2.34. The molecule has 0 aromatic heterocycles. The molecule has 0 amide bonds. The van der Waals surface area contributed by atoms with Crippen LogP contribution in [-0.4, -0.2) is 91.1 Å². The first-order valence-corrected chi connectivity index (χ1v) is 5.51. The maximum atomic E-state index is 11.5. The van der Waals surface area contributed by atoms with Gasteiger partial charge in [0.2, 0.25) is 0 Å². The Morgan fingerprint density at radius 3 is 1.59 bits per heavy atom. The Morgan fingerprint density at radius 1 is 0.909 bits per heavy atom. The van der Waals surface area contributed by atoms with Crippen molar-refractivity contribution in [3.8, 4) is 0 Å². The summed E-state index contributed by atoms with van der Waals surface area (Å²) in [6.45, 7) is -0.851. The SMILES string of the molecule is CN1CC(C(=O)O)OC(C(=O)O)(C(=O)O)C1(C(=O)O)C(=O)O. The maximum Gasteiger partial charge on any atom is 0.351 e. The van der Waals surface area contributed by atoms with Crippen molar-refractivity contribution in [3.05, 3.63) is 0 Å².